The molecule has 0 aromatic heterocycles. The third-order valence-electron chi connectivity index (χ3n) is 1.49. The lowest BCUT2D eigenvalue weighted by Crippen LogP contribution is -2.36. The number of hydrogen-bond donors (Lipinski definition) is 3. The zero-order valence-electron chi connectivity index (χ0n) is 6.55. The molecule has 73 valence electrons. The lowest BCUT2D eigenvalue weighted by atomic mass is 10.2. The molecule has 0 aromatic carbocycles. The van der Waals surface area contributed by atoms with E-state index in [4.69, 9.17) is 14.8 Å². The van der Waals surface area contributed by atoms with Crippen molar-refractivity contribution in [2.24, 2.45) is 0 Å². The van der Waals surface area contributed by atoms with Gasteiger partial charge in [-0.05, 0) is 6.42 Å². The zero-order valence-corrected chi connectivity index (χ0v) is 7.37. The highest BCUT2D eigenvalue weighted by Gasteiger charge is 2.29. The Kier molecular flexibility index (Phi) is 4.69. The van der Waals surface area contributed by atoms with E-state index in [1.807, 2.05) is 0 Å². The summed E-state index contributed by atoms with van der Waals surface area (Å²) in [6.07, 6.45) is -1.15. The van der Waals surface area contributed by atoms with Gasteiger partial charge in [0.1, 0.15) is 5.25 Å². The van der Waals surface area contributed by atoms with Gasteiger partial charge in [0.15, 0.2) is 0 Å². The predicted molar refractivity (Wildman–Crippen MR) is 43.0 cm³/mol. The van der Waals surface area contributed by atoms with Gasteiger partial charge in [0.2, 0.25) is 0 Å². The minimum absolute atomic E-state index is 0.0283. The van der Waals surface area contributed by atoms with Crippen LogP contribution in [0.4, 0.5) is 0 Å². The Hall–Kier alpha value is -0.170. The van der Waals surface area contributed by atoms with Gasteiger partial charge in [-0.2, -0.15) is 8.42 Å². The Balaban J connectivity index is 4.44. The molecule has 0 fully saturated rings. The van der Waals surface area contributed by atoms with Crippen LogP contribution in [0.5, 0.6) is 0 Å². The van der Waals surface area contributed by atoms with Gasteiger partial charge in [-0.25, -0.2) is 0 Å². The highest BCUT2D eigenvalue weighted by molar-refractivity contribution is 7.86. The second kappa shape index (κ2) is 4.76. The summed E-state index contributed by atoms with van der Waals surface area (Å²) in [5.41, 5.74) is 0. The first-order valence-electron chi connectivity index (χ1n) is 3.48. The van der Waals surface area contributed by atoms with E-state index in [9.17, 15) is 8.42 Å². The fraction of sp³-hybridized carbons (Fsp3) is 0.833. The van der Waals surface area contributed by atoms with Crippen molar-refractivity contribution in [2.45, 2.75) is 24.2 Å². The van der Waals surface area contributed by atoms with Crippen LogP contribution < -0.4 is 0 Å². The van der Waals surface area contributed by atoms with E-state index < -0.39 is 28.1 Å². The summed E-state index contributed by atoms with van der Waals surface area (Å²) in [6.45, 7) is 2.70. The first kappa shape index (κ1) is 11.8. The zero-order chi connectivity index (χ0) is 9.78. The lowest BCUT2D eigenvalue weighted by molar-refractivity contribution is 0.0872. The average molecular weight is 197 g/mol. The van der Waals surface area contributed by atoms with E-state index in [2.05, 4.69) is 6.92 Å². The number of aliphatic hydroxyl groups excluding tert-OH is 2. The van der Waals surface area contributed by atoms with Crippen molar-refractivity contribution >= 4 is 10.1 Å². The van der Waals surface area contributed by atoms with E-state index in [1.165, 1.54) is 0 Å². The van der Waals surface area contributed by atoms with Crippen molar-refractivity contribution < 1.29 is 23.2 Å². The van der Waals surface area contributed by atoms with Crippen LogP contribution in [0.1, 0.15) is 12.8 Å². The van der Waals surface area contributed by atoms with E-state index in [0.29, 0.717) is 0 Å². The Morgan fingerprint density at radius 1 is 1.42 bits per heavy atom. The highest BCUT2D eigenvalue weighted by Crippen LogP contribution is 2.11. The van der Waals surface area contributed by atoms with E-state index in [1.54, 1.807) is 0 Å². The summed E-state index contributed by atoms with van der Waals surface area (Å²) in [6, 6.07) is 0. The van der Waals surface area contributed by atoms with Crippen molar-refractivity contribution in [3.63, 3.8) is 0 Å². The first-order chi connectivity index (χ1) is 5.43. The number of rotatable bonds is 5. The third kappa shape index (κ3) is 3.48. The summed E-state index contributed by atoms with van der Waals surface area (Å²) < 4.78 is 29.7. The normalized spacial score (nSPS) is 17.3. The van der Waals surface area contributed by atoms with E-state index in [0.717, 1.165) is 0 Å². The van der Waals surface area contributed by atoms with Gasteiger partial charge in [-0.3, -0.25) is 4.55 Å². The minimum Gasteiger partial charge on any atom is -0.394 e. The molecule has 0 saturated carbocycles. The molecule has 0 amide bonds. The van der Waals surface area contributed by atoms with Gasteiger partial charge in [0.25, 0.3) is 10.1 Å². The Bertz CT molecular complexity index is 210. The van der Waals surface area contributed by atoms with Crippen LogP contribution in [0.25, 0.3) is 0 Å². The monoisotopic (exact) mass is 197 g/mol. The molecule has 3 N–H and O–H groups in total. The largest absolute Gasteiger partial charge is 0.394 e. The maximum absolute atomic E-state index is 10.6. The van der Waals surface area contributed by atoms with E-state index >= 15 is 0 Å². The van der Waals surface area contributed by atoms with Gasteiger partial charge in [0, 0.05) is 0 Å². The molecule has 0 saturated heterocycles. The minimum atomic E-state index is -4.29. The molecule has 0 bridgehead atoms. The van der Waals surface area contributed by atoms with Crippen LogP contribution in [0.2, 0.25) is 0 Å². The average Bonchev–Trinajstić information content (AvgIpc) is 1.96. The molecule has 0 heterocycles. The molecule has 0 rings (SSSR count). The quantitative estimate of drug-likeness (QED) is 0.502. The maximum atomic E-state index is 10.6. The molecule has 0 spiro atoms. The van der Waals surface area contributed by atoms with Gasteiger partial charge in [-0.1, -0.05) is 13.3 Å². The highest BCUT2D eigenvalue weighted by atomic mass is 32.2. The third-order valence-corrected chi connectivity index (χ3v) is 2.80. The second-order valence-corrected chi connectivity index (χ2v) is 4.08. The smallest absolute Gasteiger partial charge is 0.270 e. The van der Waals surface area contributed by atoms with Crippen LogP contribution in [0, 0.1) is 6.92 Å². The fourth-order valence-corrected chi connectivity index (χ4v) is 1.81. The van der Waals surface area contributed by atoms with Crippen molar-refractivity contribution in [1.82, 2.24) is 0 Å². The molecular weight excluding hydrogens is 184 g/mol. The molecular formula is C6H13O5S. The van der Waals surface area contributed by atoms with Crippen molar-refractivity contribution in [3.8, 4) is 0 Å². The van der Waals surface area contributed by atoms with Crippen LogP contribution >= 0.6 is 0 Å². The summed E-state index contributed by atoms with van der Waals surface area (Å²) in [4.78, 5) is 0. The van der Waals surface area contributed by atoms with Crippen molar-refractivity contribution in [2.75, 3.05) is 6.61 Å². The molecule has 0 aromatic rings. The second-order valence-electron chi connectivity index (χ2n) is 2.45. The topological polar surface area (TPSA) is 94.8 Å². The summed E-state index contributed by atoms with van der Waals surface area (Å²) in [5, 5.41) is 16.1. The summed E-state index contributed by atoms with van der Waals surface area (Å²) in [5.74, 6) is 0. The Morgan fingerprint density at radius 3 is 2.17 bits per heavy atom. The number of hydrogen-bond acceptors (Lipinski definition) is 4. The molecule has 0 aliphatic heterocycles. The Labute approximate surface area is 71.8 Å². The SMILES string of the molecule is [CH2]CCC(C(O)CO)S(=O)(=O)O. The standard InChI is InChI=1S/C6H13O5S/c1-2-3-6(5(8)4-7)12(9,10)11/h5-8H,1-4H2,(H,9,10,11). The van der Waals surface area contributed by atoms with Gasteiger partial charge >= 0.3 is 0 Å². The van der Waals surface area contributed by atoms with Crippen LogP contribution in [-0.2, 0) is 10.1 Å². The number of aliphatic hydroxyl groups is 2. The van der Waals surface area contributed by atoms with E-state index in [-0.39, 0.29) is 12.8 Å². The molecule has 0 aliphatic rings. The fourth-order valence-electron chi connectivity index (χ4n) is 0.859. The van der Waals surface area contributed by atoms with Crippen molar-refractivity contribution in [1.29, 1.82) is 0 Å². The molecule has 0 aliphatic carbocycles. The molecule has 6 heteroatoms. The predicted octanol–water partition coefficient (Wildman–Crippen LogP) is -0.790. The first-order valence-corrected chi connectivity index (χ1v) is 4.98. The molecule has 12 heavy (non-hydrogen) atoms. The summed E-state index contributed by atoms with van der Waals surface area (Å²) in [7, 11) is -4.29. The summed E-state index contributed by atoms with van der Waals surface area (Å²) >= 11 is 0. The maximum Gasteiger partial charge on any atom is 0.270 e. The Morgan fingerprint density at radius 2 is 1.92 bits per heavy atom. The molecule has 2 unspecified atom stereocenters. The molecule has 2 atom stereocenters. The van der Waals surface area contributed by atoms with Gasteiger partial charge in [0.05, 0.1) is 12.7 Å². The molecule has 1 radical (unpaired) electrons. The van der Waals surface area contributed by atoms with Crippen LogP contribution in [0.3, 0.4) is 0 Å². The van der Waals surface area contributed by atoms with Crippen LogP contribution in [0.15, 0.2) is 0 Å². The lowest BCUT2D eigenvalue weighted by Gasteiger charge is -2.16. The molecule has 5 nitrogen and oxygen atoms in total. The van der Waals surface area contributed by atoms with Gasteiger partial charge < -0.3 is 10.2 Å². The van der Waals surface area contributed by atoms with Gasteiger partial charge in [-0.15, -0.1) is 0 Å². The van der Waals surface area contributed by atoms with Crippen LogP contribution in [-0.4, -0.2) is 41.1 Å². The van der Waals surface area contributed by atoms with Crippen molar-refractivity contribution in [3.05, 3.63) is 6.92 Å².